The molecule has 1 rings (SSSR count). The number of rotatable bonds is 5. The summed E-state index contributed by atoms with van der Waals surface area (Å²) in [7, 11) is 0. The van der Waals surface area contributed by atoms with Gasteiger partial charge in [0.25, 0.3) is 0 Å². The summed E-state index contributed by atoms with van der Waals surface area (Å²) in [6, 6.07) is 6.02. The van der Waals surface area contributed by atoms with Gasteiger partial charge in [-0.15, -0.1) is 0 Å². The molecule has 0 heterocycles. The molecular formula is C11H13FN2O. The first-order valence-electron chi connectivity index (χ1n) is 4.79. The van der Waals surface area contributed by atoms with Crippen LogP contribution in [0, 0.1) is 17.1 Å². The Hall–Kier alpha value is -1.60. The first-order chi connectivity index (χ1) is 7.27. The minimum Gasteiger partial charge on any atom is -0.382 e. The first kappa shape index (κ1) is 11.5. The second kappa shape index (κ2) is 5.99. The third-order valence-corrected chi connectivity index (χ3v) is 1.87. The SMILES string of the molecule is CCOCCNc1ccc(F)cc1C#N. The summed E-state index contributed by atoms with van der Waals surface area (Å²) >= 11 is 0. The average Bonchev–Trinajstić information content (AvgIpc) is 2.26. The van der Waals surface area contributed by atoms with Gasteiger partial charge < -0.3 is 10.1 Å². The second-order valence-corrected chi connectivity index (χ2v) is 2.93. The van der Waals surface area contributed by atoms with Crippen LogP contribution >= 0.6 is 0 Å². The van der Waals surface area contributed by atoms with Crippen molar-refractivity contribution >= 4 is 5.69 Å². The smallest absolute Gasteiger partial charge is 0.124 e. The van der Waals surface area contributed by atoms with Crippen molar-refractivity contribution in [3.63, 3.8) is 0 Å². The molecule has 0 aliphatic rings. The molecule has 0 aliphatic carbocycles. The fraction of sp³-hybridized carbons (Fsp3) is 0.364. The van der Waals surface area contributed by atoms with Gasteiger partial charge in [-0.25, -0.2) is 4.39 Å². The van der Waals surface area contributed by atoms with Crippen molar-refractivity contribution in [3.05, 3.63) is 29.6 Å². The molecule has 0 saturated carbocycles. The summed E-state index contributed by atoms with van der Waals surface area (Å²) < 4.78 is 17.9. The lowest BCUT2D eigenvalue weighted by Crippen LogP contribution is -2.10. The van der Waals surface area contributed by atoms with E-state index < -0.39 is 5.82 Å². The summed E-state index contributed by atoms with van der Waals surface area (Å²) in [5.41, 5.74) is 0.949. The van der Waals surface area contributed by atoms with Crippen LogP contribution in [0.25, 0.3) is 0 Å². The quantitative estimate of drug-likeness (QED) is 0.754. The topological polar surface area (TPSA) is 45.0 Å². The lowest BCUT2D eigenvalue weighted by molar-refractivity contribution is 0.158. The number of ether oxygens (including phenoxy) is 1. The Morgan fingerprint density at radius 1 is 1.53 bits per heavy atom. The van der Waals surface area contributed by atoms with Crippen LogP contribution in [0.2, 0.25) is 0 Å². The van der Waals surface area contributed by atoms with Gasteiger partial charge in [0.15, 0.2) is 0 Å². The van der Waals surface area contributed by atoms with Gasteiger partial charge in [0.1, 0.15) is 11.9 Å². The van der Waals surface area contributed by atoms with Crippen LogP contribution in [0.3, 0.4) is 0 Å². The van der Waals surface area contributed by atoms with Gasteiger partial charge >= 0.3 is 0 Å². The third-order valence-electron chi connectivity index (χ3n) is 1.87. The maximum atomic E-state index is 12.8. The predicted molar refractivity (Wildman–Crippen MR) is 56.1 cm³/mol. The molecule has 1 aromatic rings. The highest BCUT2D eigenvalue weighted by molar-refractivity contribution is 5.57. The van der Waals surface area contributed by atoms with Crippen LogP contribution in [0.4, 0.5) is 10.1 Å². The summed E-state index contributed by atoms with van der Waals surface area (Å²) in [6.45, 7) is 3.75. The number of halogens is 1. The molecule has 3 nitrogen and oxygen atoms in total. The number of nitrogens with zero attached hydrogens (tertiary/aromatic N) is 1. The molecule has 4 heteroatoms. The van der Waals surface area contributed by atoms with Crippen LogP contribution in [0.5, 0.6) is 0 Å². The van der Waals surface area contributed by atoms with Crippen molar-refractivity contribution in [2.75, 3.05) is 25.1 Å². The van der Waals surface area contributed by atoms with E-state index in [1.54, 1.807) is 6.07 Å². The summed E-state index contributed by atoms with van der Waals surface area (Å²) in [4.78, 5) is 0. The number of benzene rings is 1. The van der Waals surface area contributed by atoms with E-state index in [9.17, 15) is 4.39 Å². The van der Waals surface area contributed by atoms with Gasteiger partial charge in [-0.3, -0.25) is 0 Å². The van der Waals surface area contributed by atoms with Crippen molar-refractivity contribution in [2.45, 2.75) is 6.92 Å². The lowest BCUT2D eigenvalue weighted by Gasteiger charge is -2.07. The number of nitrogens with one attached hydrogen (secondary N) is 1. The molecule has 1 aromatic carbocycles. The number of nitriles is 1. The van der Waals surface area contributed by atoms with E-state index in [2.05, 4.69) is 5.32 Å². The van der Waals surface area contributed by atoms with Gasteiger partial charge in [-0.05, 0) is 25.1 Å². The molecule has 0 atom stereocenters. The molecule has 0 spiro atoms. The Labute approximate surface area is 88.5 Å². The third kappa shape index (κ3) is 3.56. The van der Waals surface area contributed by atoms with E-state index in [0.29, 0.717) is 31.0 Å². The van der Waals surface area contributed by atoms with Gasteiger partial charge in [-0.2, -0.15) is 5.26 Å². The van der Waals surface area contributed by atoms with E-state index in [1.807, 2.05) is 13.0 Å². The minimum absolute atomic E-state index is 0.312. The zero-order valence-electron chi connectivity index (χ0n) is 8.59. The van der Waals surface area contributed by atoms with Gasteiger partial charge in [0.2, 0.25) is 0 Å². The molecule has 0 aromatic heterocycles. The summed E-state index contributed by atoms with van der Waals surface area (Å²) in [5, 5.41) is 11.8. The fourth-order valence-corrected chi connectivity index (χ4v) is 1.17. The van der Waals surface area contributed by atoms with E-state index in [0.717, 1.165) is 0 Å². The van der Waals surface area contributed by atoms with Gasteiger partial charge in [0.05, 0.1) is 17.9 Å². The van der Waals surface area contributed by atoms with Gasteiger partial charge in [-0.1, -0.05) is 0 Å². The summed E-state index contributed by atoms with van der Waals surface area (Å²) in [5.74, 6) is -0.401. The van der Waals surface area contributed by atoms with Crippen molar-refractivity contribution in [1.82, 2.24) is 0 Å². The largest absolute Gasteiger partial charge is 0.382 e. The summed E-state index contributed by atoms with van der Waals surface area (Å²) in [6.07, 6.45) is 0. The highest BCUT2D eigenvalue weighted by atomic mass is 19.1. The standard InChI is InChI=1S/C11H13FN2O/c1-2-15-6-5-14-11-4-3-10(12)7-9(11)8-13/h3-4,7,14H,2,5-6H2,1H3. The second-order valence-electron chi connectivity index (χ2n) is 2.93. The van der Waals surface area contributed by atoms with Gasteiger partial charge in [0, 0.05) is 13.2 Å². The van der Waals surface area contributed by atoms with Crippen LogP contribution in [-0.4, -0.2) is 19.8 Å². The highest BCUT2D eigenvalue weighted by Crippen LogP contribution is 2.15. The number of hydrogen-bond donors (Lipinski definition) is 1. The monoisotopic (exact) mass is 208 g/mol. The molecule has 80 valence electrons. The number of hydrogen-bond acceptors (Lipinski definition) is 3. The van der Waals surface area contributed by atoms with Crippen LogP contribution in [-0.2, 0) is 4.74 Å². The molecule has 0 radical (unpaired) electrons. The zero-order chi connectivity index (χ0) is 11.1. The van der Waals surface area contributed by atoms with Crippen LogP contribution in [0.15, 0.2) is 18.2 Å². The van der Waals surface area contributed by atoms with Crippen molar-refractivity contribution < 1.29 is 9.13 Å². The highest BCUT2D eigenvalue weighted by Gasteiger charge is 2.02. The molecule has 0 bridgehead atoms. The number of anilines is 1. The van der Waals surface area contributed by atoms with Crippen molar-refractivity contribution in [3.8, 4) is 6.07 Å². The maximum absolute atomic E-state index is 12.8. The van der Waals surface area contributed by atoms with E-state index in [4.69, 9.17) is 10.00 Å². The predicted octanol–water partition coefficient (Wildman–Crippen LogP) is 2.15. The molecule has 0 unspecified atom stereocenters. The van der Waals surface area contributed by atoms with E-state index in [1.165, 1.54) is 12.1 Å². The van der Waals surface area contributed by atoms with Crippen molar-refractivity contribution in [1.29, 1.82) is 5.26 Å². The molecule has 15 heavy (non-hydrogen) atoms. The minimum atomic E-state index is -0.401. The normalized spacial score (nSPS) is 9.67. The molecule has 0 saturated heterocycles. The molecule has 1 N–H and O–H groups in total. The van der Waals surface area contributed by atoms with E-state index >= 15 is 0 Å². The molecule has 0 aliphatic heterocycles. The Bertz CT molecular complexity index is 360. The Morgan fingerprint density at radius 2 is 2.33 bits per heavy atom. The van der Waals surface area contributed by atoms with E-state index in [-0.39, 0.29) is 0 Å². The Morgan fingerprint density at radius 3 is 3.00 bits per heavy atom. The lowest BCUT2D eigenvalue weighted by atomic mass is 10.2. The fourth-order valence-electron chi connectivity index (χ4n) is 1.17. The zero-order valence-corrected chi connectivity index (χ0v) is 8.59. The van der Waals surface area contributed by atoms with Crippen molar-refractivity contribution in [2.24, 2.45) is 0 Å². The Balaban J connectivity index is 2.57. The molecular weight excluding hydrogens is 195 g/mol. The van der Waals surface area contributed by atoms with Crippen LogP contribution in [0.1, 0.15) is 12.5 Å². The maximum Gasteiger partial charge on any atom is 0.124 e. The average molecular weight is 208 g/mol. The first-order valence-corrected chi connectivity index (χ1v) is 4.79. The molecule has 0 fully saturated rings. The Kier molecular flexibility index (Phi) is 4.58. The van der Waals surface area contributed by atoms with Crippen LogP contribution < -0.4 is 5.32 Å². The molecule has 0 amide bonds.